The van der Waals surface area contributed by atoms with E-state index in [1.165, 1.54) is 6.92 Å². The molecule has 1 amide bonds. The van der Waals surface area contributed by atoms with Gasteiger partial charge in [-0.05, 0) is 37.3 Å². The fourth-order valence-corrected chi connectivity index (χ4v) is 5.31. The van der Waals surface area contributed by atoms with Gasteiger partial charge >= 0.3 is 6.18 Å². The van der Waals surface area contributed by atoms with E-state index in [1.54, 1.807) is 44.2 Å². The zero-order valence-corrected chi connectivity index (χ0v) is 19.7. The van der Waals surface area contributed by atoms with Crippen molar-refractivity contribution in [3.05, 3.63) is 63.2 Å². The Morgan fingerprint density at radius 3 is 2.29 bits per heavy atom. The third-order valence-corrected chi connectivity index (χ3v) is 6.74. The van der Waals surface area contributed by atoms with E-state index in [-0.39, 0.29) is 30.8 Å². The van der Waals surface area contributed by atoms with E-state index in [1.807, 2.05) is 6.92 Å². The van der Waals surface area contributed by atoms with Gasteiger partial charge in [-0.15, -0.1) is 0 Å². The van der Waals surface area contributed by atoms with Crippen molar-refractivity contribution in [2.45, 2.75) is 65.0 Å². The summed E-state index contributed by atoms with van der Waals surface area (Å²) in [5.74, 6) is -1.99. The Bertz CT molecular complexity index is 1240. The second-order valence-electron chi connectivity index (χ2n) is 9.91. The summed E-state index contributed by atoms with van der Waals surface area (Å²) in [6, 6.07) is 8.16. The Balaban J connectivity index is 2.07. The van der Waals surface area contributed by atoms with Crippen molar-refractivity contribution >= 4 is 11.7 Å². The Morgan fingerprint density at radius 1 is 1.06 bits per heavy atom. The number of amides is 1. The molecule has 1 aliphatic heterocycles. The van der Waals surface area contributed by atoms with Gasteiger partial charge in [0.15, 0.2) is 5.78 Å². The average molecular weight is 476 g/mol. The Labute approximate surface area is 195 Å². The lowest BCUT2D eigenvalue weighted by Crippen LogP contribution is -2.55. The number of unbranched alkanes of at least 4 members (excludes halogenated alkanes) is 1. The average Bonchev–Trinajstić information content (AvgIpc) is 3.16. The smallest absolute Gasteiger partial charge is 0.314 e. The summed E-state index contributed by atoms with van der Waals surface area (Å²) >= 11 is 0. The molecule has 4 rings (SSSR count). The number of alkyl halides is 3. The van der Waals surface area contributed by atoms with E-state index in [0.717, 1.165) is 9.58 Å². The molecule has 0 saturated heterocycles. The van der Waals surface area contributed by atoms with Crippen LogP contribution in [0.3, 0.4) is 0 Å². The van der Waals surface area contributed by atoms with E-state index >= 15 is 13.2 Å². The van der Waals surface area contributed by atoms with Gasteiger partial charge in [-0.25, -0.2) is 4.68 Å². The number of carbonyl (C=O) groups excluding carboxylic acids is 2. The highest BCUT2D eigenvalue weighted by Crippen LogP contribution is 2.57. The van der Waals surface area contributed by atoms with Crippen molar-refractivity contribution < 1.29 is 22.8 Å². The second-order valence-corrected chi connectivity index (χ2v) is 9.91. The number of Topliss-reactive ketones (excluding diaryl/α,β-unsaturated/α-hetero) is 1. The molecule has 1 N–H and O–H groups in total. The van der Waals surface area contributed by atoms with Crippen molar-refractivity contribution in [3.8, 4) is 5.69 Å². The highest BCUT2D eigenvalue weighted by molar-refractivity contribution is 6.13. The minimum Gasteiger partial charge on any atom is -0.314 e. The number of H-pyrrole nitrogens is 1. The van der Waals surface area contributed by atoms with Gasteiger partial charge in [-0.1, -0.05) is 45.4 Å². The van der Waals surface area contributed by atoms with Crippen LogP contribution in [0.4, 0.5) is 13.2 Å². The molecule has 0 fully saturated rings. The number of benzene rings is 1. The van der Waals surface area contributed by atoms with Crippen molar-refractivity contribution in [1.29, 1.82) is 0 Å². The van der Waals surface area contributed by atoms with Crippen LogP contribution >= 0.6 is 0 Å². The van der Waals surface area contributed by atoms with Crippen LogP contribution in [0.15, 0.2) is 46.4 Å². The number of hydrogen-bond acceptors (Lipinski definition) is 3. The molecule has 1 aliphatic carbocycles. The minimum atomic E-state index is -5.19. The van der Waals surface area contributed by atoms with Crippen LogP contribution in [-0.2, 0) is 15.0 Å². The van der Waals surface area contributed by atoms with Crippen LogP contribution in [-0.4, -0.2) is 39.1 Å². The first-order valence-corrected chi connectivity index (χ1v) is 11.4. The summed E-state index contributed by atoms with van der Waals surface area (Å²) in [6.45, 7) is 6.87. The Morgan fingerprint density at radius 2 is 1.71 bits per heavy atom. The predicted molar refractivity (Wildman–Crippen MR) is 121 cm³/mol. The summed E-state index contributed by atoms with van der Waals surface area (Å²) in [4.78, 5) is 41.8. The quantitative estimate of drug-likeness (QED) is 0.689. The van der Waals surface area contributed by atoms with Gasteiger partial charge in [0.2, 0.25) is 5.41 Å². The number of halogens is 3. The van der Waals surface area contributed by atoms with Crippen molar-refractivity contribution in [3.63, 3.8) is 0 Å². The molecule has 2 aromatic rings. The maximum absolute atomic E-state index is 15.2. The third-order valence-electron chi connectivity index (χ3n) is 6.74. The highest BCUT2D eigenvalue weighted by Gasteiger charge is 2.73. The molecule has 0 saturated carbocycles. The molecule has 34 heavy (non-hydrogen) atoms. The molecule has 182 valence electrons. The molecule has 6 nitrogen and oxygen atoms in total. The summed E-state index contributed by atoms with van der Waals surface area (Å²) < 4.78 is 46.5. The molecular weight excluding hydrogens is 447 g/mol. The number of para-hydroxylation sites is 1. The lowest BCUT2D eigenvalue weighted by atomic mass is 9.66. The van der Waals surface area contributed by atoms with Crippen LogP contribution in [0.25, 0.3) is 5.69 Å². The molecular formula is C25H28F3N3O3. The fourth-order valence-electron chi connectivity index (χ4n) is 5.31. The standard InChI is InChI=1S/C25H28F3N3O3/c1-5-6-12-30-17-13-23(3,4)14-18(32)20(17)24(22(30)34,25(26,27)28)19-15(2)29-31(21(19)33)16-10-8-7-9-11-16/h7-11,29H,5-6,12-14H2,1-4H3. The number of aromatic nitrogens is 2. The zero-order chi connectivity index (χ0) is 25.1. The van der Waals surface area contributed by atoms with Gasteiger partial charge in [0.1, 0.15) is 0 Å². The first-order chi connectivity index (χ1) is 15.9. The van der Waals surface area contributed by atoms with Crippen LogP contribution in [0.1, 0.15) is 57.7 Å². The zero-order valence-electron chi connectivity index (χ0n) is 19.7. The number of ketones is 1. The number of aromatic amines is 1. The Kier molecular flexibility index (Phi) is 5.65. The Hall–Kier alpha value is -3.10. The van der Waals surface area contributed by atoms with Gasteiger partial charge in [-0.3, -0.25) is 19.5 Å². The number of allylic oxidation sites excluding steroid dienone is 1. The van der Waals surface area contributed by atoms with Gasteiger partial charge in [0.05, 0.1) is 11.3 Å². The van der Waals surface area contributed by atoms with Crippen LogP contribution in [0.2, 0.25) is 0 Å². The first-order valence-electron chi connectivity index (χ1n) is 11.4. The van der Waals surface area contributed by atoms with Gasteiger partial charge in [0, 0.05) is 29.9 Å². The maximum atomic E-state index is 15.2. The number of nitrogens with zero attached hydrogens (tertiary/aromatic N) is 2. The molecule has 1 unspecified atom stereocenters. The predicted octanol–water partition coefficient (Wildman–Crippen LogP) is 4.56. The SMILES string of the molecule is CCCCN1C(=O)C(c2c(C)[nH]n(-c3ccccc3)c2=O)(C(F)(F)F)C2=C1CC(C)(C)CC2=O. The van der Waals surface area contributed by atoms with E-state index in [9.17, 15) is 14.4 Å². The van der Waals surface area contributed by atoms with Gasteiger partial charge < -0.3 is 4.90 Å². The largest absolute Gasteiger partial charge is 0.411 e. The lowest BCUT2D eigenvalue weighted by Gasteiger charge is -2.35. The third kappa shape index (κ3) is 3.35. The number of nitrogens with one attached hydrogen (secondary N) is 1. The van der Waals surface area contributed by atoms with E-state index in [2.05, 4.69) is 5.10 Å². The minimum absolute atomic E-state index is 0.0612. The number of carbonyl (C=O) groups is 2. The summed E-state index contributed by atoms with van der Waals surface area (Å²) in [7, 11) is 0. The number of rotatable bonds is 5. The molecule has 2 aliphatic rings. The molecule has 1 aromatic carbocycles. The molecule has 0 spiro atoms. The van der Waals surface area contributed by atoms with Gasteiger partial charge in [-0.2, -0.15) is 13.2 Å². The fraction of sp³-hybridized carbons (Fsp3) is 0.480. The highest BCUT2D eigenvalue weighted by atomic mass is 19.4. The monoisotopic (exact) mass is 475 g/mol. The van der Waals surface area contributed by atoms with E-state index < -0.39 is 45.4 Å². The molecule has 1 aromatic heterocycles. The number of hydrogen-bond donors (Lipinski definition) is 1. The normalized spacial score (nSPS) is 22.5. The van der Waals surface area contributed by atoms with Crippen LogP contribution < -0.4 is 5.56 Å². The van der Waals surface area contributed by atoms with E-state index in [4.69, 9.17) is 0 Å². The van der Waals surface area contributed by atoms with Crippen LogP contribution in [0, 0.1) is 12.3 Å². The molecule has 9 heteroatoms. The van der Waals surface area contributed by atoms with Crippen LogP contribution in [0.5, 0.6) is 0 Å². The topological polar surface area (TPSA) is 75.2 Å². The summed E-state index contributed by atoms with van der Waals surface area (Å²) in [5.41, 5.74) is -5.90. The lowest BCUT2D eigenvalue weighted by molar-refractivity contribution is -0.189. The molecule has 2 heterocycles. The van der Waals surface area contributed by atoms with Crippen molar-refractivity contribution in [2.24, 2.45) is 5.41 Å². The van der Waals surface area contributed by atoms with Gasteiger partial charge in [0.25, 0.3) is 11.5 Å². The van der Waals surface area contributed by atoms with E-state index in [0.29, 0.717) is 18.5 Å². The second kappa shape index (κ2) is 7.99. The molecule has 0 radical (unpaired) electrons. The first kappa shape index (κ1) is 24.0. The number of aryl methyl sites for hydroxylation is 1. The summed E-state index contributed by atoms with van der Waals surface area (Å²) in [6.07, 6.45) is -4.03. The molecule has 1 atom stereocenters. The van der Waals surface area contributed by atoms with Crippen molar-refractivity contribution in [2.75, 3.05) is 6.54 Å². The maximum Gasteiger partial charge on any atom is 0.411 e. The molecule has 0 bridgehead atoms. The van der Waals surface area contributed by atoms with Crippen molar-refractivity contribution in [1.82, 2.24) is 14.7 Å². The summed E-state index contributed by atoms with van der Waals surface area (Å²) in [5, 5.41) is 2.71.